The van der Waals surface area contributed by atoms with E-state index in [1.807, 2.05) is 0 Å². The second kappa shape index (κ2) is 3.89. The molecule has 0 saturated heterocycles. The number of imidazole rings is 1. The zero-order chi connectivity index (χ0) is 12.1. The summed E-state index contributed by atoms with van der Waals surface area (Å²) < 4.78 is 38.0. The highest BCUT2D eigenvalue weighted by Gasteiger charge is 2.35. The molecule has 0 aliphatic carbocycles. The van der Waals surface area contributed by atoms with Gasteiger partial charge in [-0.3, -0.25) is 0 Å². The number of hydrogen-bond donors (Lipinski definition) is 1. The fourth-order valence-corrected chi connectivity index (χ4v) is 2.54. The molecule has 1 aromatic heterocycles. The lowest BCUT2D eigenvalue weighted by Gasteiger charge is -1.99. The Hall–Kier alpha value is -0.270. The van der Waals surface area contributed by atoms with Crippen LogP contribution in [-0.2, 0) is 6.18 Å². The summed E-state index contributed by atoms with van der Waals surface area (Å²) >= 11 is 12.1. The third kappa shape index (κ3) is 1.96. The first-order valence-corrected chi connectivity index (χ1v) is 5.87. The Morgan fingerprint density at radius 1 is 1.31 bits per heavy atom. The van der Waals surface area contributed by atoms with Crippen LogP contribution in [0.4, 0.5) is 13.2 Å². The Morgan fingerprint density at radius 3 is 2.50 bits per heavy atom. The standard InChI is InChI=1S/C8H2Br2ClF3N2/c9-2-1-3-6(4(10)5(2)11)16-7(15-3)8(12,13)14/h1H,(H,15,16). The number of nitrogens with zero attached hydrogens (tertiary/aromatic N) is 1. The summed E-state index contributed by atoms with van der Waals surface area (Å²) in [5.74, 6) is -1.04. The van der Waals surface area contributed by atoms with Crippen LogP contribution in [0, 0.1) is 0 Å². The number of hydrogen-bond acceptors (Lipinski definition) is 1. The molecular weight excluding hydrogens is 376 g/mol. The predicted molar refractivity (Wildman–Crippen MR) is 61.5 cm³/mol. The molecule has 0 radical (unpaired) electrons. The van der Waals surface area contributed by atoms with Gasteiger partial charge < -0.3 is 4.98 Å². The highest BCUT2D eigenvalue weighted by atomic mass is 79.9. The summed E-state index contributed by atoms with van der Waals surface area (Å²) in [5, 5.41) is 0.285. The number of nitrogens with one attached hydrogen (secondary N) is 1. The van der Waals surface area contributed by atoms with Crippen molar-refractivity contribution in [2.45, 2.75) is 6.18 Å². The molecule has 0 amide bonds. The van der Waals surface area contributed by atoms with Gasteiger partial charge in [-0.1, -0.05) is 11.6 Å². The first-order chi connectivity index (χ1) is 7.30. The Labute approximate surface area is 109 Å². The van der Waals surface area contributed by atoms with Gasteiger partial charge in [0.1, 0.15) is 5.52 Å². The van der Waals surface area contributed by atoms with E-state index in [4.69, 9.17) is 11.6 Å². The minimum atomic E-state index is -4.50. The first-order valence-electron chi connectivity index (χ1n) is 3.91. The fraction of sp³-hybridized carbons (Fsp3) is 0.125. The number of rotatable bonds is 0. The Balaban J connectivity index is 2.77. The molecule has 0 unspecified atom stereocenters. The largest absolute Gasteiger partial charge is 0.449 e. The summed E-state index contributed by atoms with van der Waals surface area (Å²) in [4.78, 5) is 5.64. The topological polar surface area (TPSA) is 28.7 Å². The van der Waals surface area contributed by atoms with E-state index in [1.165, 1.54) is 6.07 Å². The highest BCUT2D eigenvalue weighted by Crippen LogP contribution is 2.38. The van der Waals surface area contributed by atoms with E-state index in [1.54, 1.807) is 0 Å². The zero-order valence-electron chi connectivity index (χ0n) is 7.29. The van der Waals surface area contributed by atoms with Gasteiger partial charge in [0.05, 0.1) is 15.0 Å². The molecule has 0 atom stereocenters. The Morgan fingerprint density at radius 2 is 1.94 bits per heavy atom. The average molecular weight is 378 g/mol. The minimum Gasteiger partial charge on any atom is -0.334 e. The van der Waals surface area contributed by atoms with Crippen LogP contribution in [0.3, 0.4) is 0 Å². The van der Waals surface area contributed by atoms with Gasteiger partial charge in [-0.25, -0.2) is 4.98 Å². The van der Waals surface area contributed by atoms with E-state index in [0.717, 1.165) is 0 Å². The van der Waals surface area contributed by atoms with Crippen molar-refractivity contribution in [3.05, 3.63) is 25.9 Å². The van der Waals surface area contributed by atoms with Gasteiger partial charge in [-0.05, 0) is 37.9 Å². The molecule has 0 spiro atoms. The van der Waals surface area contributed by atoms with Gasteiger partial charge in [0, 0.05) is 4.47 Å². The Bertz CT molecular complexity index is 564. The quantitative estimate of drug-likeness (QED) is 0.658. The summed E-state index contributed by atoms with van der Waals surface area (Å²) in [6.45, 7) is 0. The monoisotopic (exact) mass is 376 g/mol. The van der Waals surface area contributed by atoms with Crippen molar-refractivity contribution in [1.29, 1.82) is 0 Å². The van der Waals surface area contributed by atoms with Crippen molar-refractivity contribution in [1.82, 2.24) is 9.97 Å². The second-order valence-corrected chi connectivity index (χ2v) is 4.99. The SMILES string of the molecule is FC(F)(F)c1nc2c(Br)c(Cl)c(Br)cc2[nH]1. The minimum absolute atomic E-state index is 0.153. The second-order valence-electron chi connectivity index (χ2n) is 2.97. The van der Waals surface area contributed by atoms with Crippen molar-refractivity contribution < 1.29 is 13.2 Å². The van der Waals surface area contributed by atoms with Gasteiger partial charge in [0.15, 0.2) is 0 Å². The number of benzene rings is 1. The van der Waals surface area contributed by atoms with E-state index in [0.29, 0.717) is 8.95 Å². The van der Waals surface area contributed by atoms with Crippen molar-refractivity contribution in [3.8, 4) is 0 Å². The molecule has 2 rings (SSSR count). The van der Waals surface area contributed by atoms with E-state index in [2.05, 4.69) is 41.8 Å². The van der Waals surface area contributed by atoms with Crippen molar-refractivity contribution in [2.75, 3.05) is 0 Å². The number of H-pyrrole nitrogens is 1. The van der Waals surface area contributed by atoms with Crippen LogP contribution in [0.2, 0.25) is 5.02 Å². The number of alkyl halides is 3. The van der Waals surface area contributed by atoms with Crippen LogP contribution in [0.5, 0.6) is 0 Å². The lowest BCUT2D eigenvalue weighted by Crippen LogP contribution is -2.06. The van der Waals surface area contributed by atoms with Crippen LogP contribution in [0.15, 0.2) is 15.0 Å². The smallest absolute Gasteiger partial charge is 0.334 e. The maximum atomic E-state index is 12.4. The molecule has 16 heavy (non-hydrogen) atoms. The van der Waals surface area contributed by atoms with E-state index >= 15 is 0 Å². The van der Waals surface area contributed by atoms with E-state index in [9.17, 15) is 13.2 Å². The van der Waals surface area contributed by atoms with Gasteiger partial charge in [0.2, 0.25) is 5.82 Å². The zero-order valence-corrected chi connectivity index (χ0v) is 11.2. The molecule has 0 aliphatic heterocycles. The molecule has 1 heterocycles. The lowest BCUT2D eigenvalue weighted by molar-refractivity contribution is -0.144. The summed E-state index contributed by atoms with van der Waals surface area (Å²) in [5.41, 5.74) is 0.413. The molecule has 0 fully saturated rings. The number of aromatic amines is 1. The third-order valence-corrected chi connectivity index (χ3v) is 4.13. The molecule has 0 bridgehead atoms. The highest BCUT2D eigenvalue weighted by molar-refractivity contribution is 9.11. The van der Waals surface area contributed by atoms with Crippen molar-refractivity contribution >= 4 is 54.5 Å². The lowest BCUT2D eigenvalue weighted by atomic mass is 10.3. The number of fused-ring (bicyclic) bond motifs is 1. The molecule has 86 valence electrons. The summed E-state index contributed by atoms with van der Waals surface area (Å²) in [6, 6.07) is 1.45. The van der Waals surface area contributed by atoms with Crippen LogP contribution < -0.4 is 0 Å². The number of aromatic nitrogens is 2. The van der Waals surface area contributed by atoms with Crippen LogP contribution in [0.1, 0.15) is 5.82 Å². The maximum Gasteiger partial charge on any atom is 0.449 e. The molecule has 2 aromatic rings. The molecule has 0 saturated carbocycles. The third-order valence-electron chi connectivity index (χ3n) is 1.88. The summed E-state index contributed by atoms with van der Waals surface area (Å²) in [6.07, 6.45) is -4.50. The molecule has 8 heteroatoms. The number of halogens is 6. The molecule has 1 N–H and O–H groups in total. The van der Waals surface area contributed by atoms with Crippen molar-refractivity contribution in [3.63, 3.8) is 0 Å². The molecule has 2 nitrogen and oxygen atoms in total. The van der Waals surface area contributed by atoms with Crippen molar-refractivity contribution in [2.24, 2.45) is 0 Å². The molecule has 0 aliphatic rings. The average Bonchev–Trinajstić information content (AvgIpc) is 2.57. The normalized spacial score (nSPS) is 12.4. The predicted octanol–water partition coefficient (Wildman–Crippen LogP) is 4.76. The van der Waals surface area contributed by atoms with E-state index < -0.39 is 12.0 Å². The first kappa shape index (κ1) is 12.2. The molecule has 1 aromatic carbocycles. The summed E-state index contributed by atoms with van der Waals surface area (Å²) in [7, 11) is 0. The fourth-order valence-electron chi connectivity index (χ4n) is 1.19. The van der Waals surface area contributed by atoms with Crippen LogP contribution >= 0.6 is 43.5 Å². The Kier molecular flexibility index (Phi) is 2.96. The van der Waals surface area contributed by atoms with Gasteiger partial charge in [0.25, 0.3) is 0 Å². The van der Waals surface area contributed by atoms with E-state index in [-0.39, 0.29) is 16.1 Å². The van der Waals surface area contributed by atoms with Crippen LogP contribution in [0.25, 0.3) is 11.0 Å². The van der Waals surface area contributed by atoms with Gasteiger partial charge in [-0.15, -0.1) is 0 Å². The van der Waals surface area contributed by atoms with Crippen LogP contribution in [-0.4, -0.2) is 9.97 Å². The maximum absolute atomic E-state index is 12.4. The molecular formula is C8H2Br2ClF3N2. The van der Waals surface area contributed by atoms with Gasteiger partial charge in [-0.2, -0.15) is 13.2 Å². The van der Waals surface area contributed by atoms with Gasteiger partial charge >= 0.3 is 6.18 Å².